The number of amides is 3. The molecule has 6 nitrogen and oxygen atoms in total. The number of urea groups is 1. The molecule has 0 saturated heterocycles. The van der Waals surface area contributed by atoms with Gasteiger partial charge in [0.1, 0.15) is 0 Å². The first-order valence-electron chi connectivity index (χ1n) is 8.02. The van der Waals surface area contributed by atoms with E-state index in [0.29, 0.717) is 26.1 Å². The SMILES string of the molecule is CCCNC(=O)CCNC(=O)NCc1ccc(CN(C)C)cc1. The van der Waals surface area contributed by atoms with Gasteiger partial charge in [-0.25, -0.2) is 4.79 Å². The van der Waals surface area contributed by atoms with Crippen LogP contribution in [0.2, 0.25) is 0 Å². The zero-order valence-corrected chi connectivity index (χ0v) is 14.3. The Morgan fingerprint density at radius 2 is 1.61 bits per heavy atom. The van der Waals surface area contributed by atoms with Crippen LogP contribution in [0.1, 0.15) is 30.9 Å². The second-order valence-electron chi connectivity index (χ2n) is 5.76. The first-order valence-corrected chi connectivity index (χ1v) is 8.02. The third-order valence-corrected chi connectivity index (χ3v) is 3.18. The highest BCUT2D eigenvalue weighted by Gasteiger charge is 2.03. The second-order valence-corrected chi connectivity index (χ2v) is 5.76. The average molecular weight is 320 g/mol. The lowest BCUT2D eigenvalue weighted by Crippen LogP contribution is -2.37. The Kier molecular flexibility index (Phi) is 8.75. The Labute approximate surface area is 138 Å². The predicted octanol–water partition coefficient (Wildman–Crippen LogP) is 1.46. The molecule has 1 rings (SSSR count). The third-order valence-electron chi connectivity index (χ3n) is 3.18. The molecule has 0 heterocycles. The van der Waals surface area contributed by atoms with Crippen LogP contribution < -0.4 is 16.0 Å². The topological polar surface area (TPSA) is 73.5 Å². The van der Waals surface area contributed by atoms with E-state index in [1.165, 1.54) is 5.56 Å². The monoisotopic (exact) mass is 320 g/mol. The summed E-state index contributed by atoms with van der Waals surface area (Å²) < 4.78 is 0. The fraction of sp³-hybridized carbons (Fsp3) is 0.529. The average Bonchev–Trinajstić information content (AvgIpc) is 2.51. The van der Waals surface area contributed by atoms with Crippen LogP contribution in [0.25, 0.3) is 0 Å². The summed E-state index contributed by atoms with van der Waals surface area (Å²) in [7, 11) is 4.06. The first-order chi connectivity index (χ1) is 11.0. The Hall–Kier alpha value is -2.08. The number of hydrogen-bond acceptors (Lipinski definition) is 3. The molecule has 0 aliphatic heterocycles. The van der Waals surface area contributed by atoms with E-state index < -0.39 is 0 Å². The number of carbonyl (C=O) groups excluding carboxylic acids is 2. The summed E-state index contributed by atoms with van der Waals surface area (Å²) in [5, 5.41) is 8.23. The Morgan fingerprint density at radius 3 is 2.22 bits per heavy atom. The van der Waals surface area contributed by atoms with Crippen LogP contribution in [0.15, 0.2) is 24.3 Å². The minimum Gasteiger partial charge on any atom is -0.356 e. The summed E-state index contributed by atoms with van der Waals surface area (Å²) in [4.78, 5) is 25.2. The largest absolute Gasteiger partial charge is 0.356 e. The lowest BCUT2D eigenvalue weighted by atomic mass is 10.1. The van der Waals surface area contributed by atoms with Crippen LogP contribution in [0, 0.1) is 0 Å². The van der Waals surface area contributed by atoms with Crippen molar-refractivity contribution in [3.63, 3.8) is 0 Å². The van der Waals surface area contributed by atoms with Gasteiger partial charge in [0.25, 0.3) is 0 Å². The fourth-order valence-corrected chi connectivity index (χ4v) is 2.01. The number of rotatable bonds is 9. The molecule has 0 fully saturated rings. The number of carbonyl (C=O) groups is 2. The molecule has 0 bridgehead atoms. The molecule has 128 valence electrons. The third kappa shape index (κ3) is 8.83. The van der Waals surface area contributed by atoms with Gasteiger partial charge in [0.15, 0.2) is 0 Å². The molecular weight excluding hydrogens is 292 g/mol. The molecule has 3 amide bonds. The van der Waals surface area contributed by atoms with Crippen molar-refractivity contribution in [1.82, 2.24) is 20.9 Å². The summed E-state index contributed by atoms with van der Waals surface area (Å²) in [6, 6.07) is 7.89. The van der Waals surface area contributed by atoms with Crippen molar-refractivity contribution in [2.45, 2.75) is 32.9 Å². The zero-order chi connectivity index (χ0) is 17.1. The molecule has 6 heteroatoms. The summed E-state index contributed by atoms with van der Waals surface area (Å²) in [6.07, 6.45) is 1.21. The number of hydrogen-bond donors (Lipinski definition) is 3. The second kappa shape index (κ2) is 10.6. The Bertz CT molecular complexity index is 486. The van der Waals surface area contributed by atoms with Gasteiger partial charge >= 0.3 is 6.03 Å². The smallest absolute Gasteiger partial charge is 0.315 e. The van der Waals surface area contributed by atoms with Gasteiger partial charge in [-0.05, 0) is 31.6 Å². The Balaban J connectivity index is 2.21. The maximum atomic E-state index is 11.7. The van der Waals surface area contributed by atoms with E-state index in [-0.39, 0.29) is 11.9 Å². The molecule has 0 saturated carbocycles. The summed E-state index contributed by atoms with van der Waals surface area (Å²) in [6.45, 7) is 4.38. The molecule has 0 aliphatic rings. The number of benzene rings is 1. The minimum atomic E-state index is -0.259. The first kappa shape index (κ1) is 19.0. The van der Waals surface area contributed by atoms with Crippen LogP contribution in [-0.2, 0) is 17.9 Å². The van der Waals surface area contributed by atoms with Gasteiger partial charge < -0.3 is 20.9 Å². The molecule has 1 aromatic carbocycles. The molecular formula is C17H28N4O2. The summed E-state index contributed by atoms with van der Waals surface area (Å²) >= 11 is 0. The van der Waals surface area contributed by atoms with E-state index in [1.807, 2.05) is 33.2 Å². The van der Waals surface area contributed by atoms with Crippen molar-refractivity contribution >= 4 is 11.9 Å². The van der Waals surface area contributed by atoms with E-state index >= 15 is 0 Å². The highest BCUT2D eigenvalue weighted by molar-refractivity contribution is 5.78. The van der Waals surface area contributed by atoms with E-state index in [4.69, 9.17) is 0 Å². The van der Waals surface area contributed by atoms with Crippen LogP contribution in [-0.4, -0.2) is 44.0 Å². The van der Waals surface area contributed by atoms with Crippen LogP contribution >= 0.6 is 0 Å². The summed E-state index contributed by atoms with van der Waals surface area (Å²) in [5.41, 5.74) is 2.28. The molecule has 3 N–H and O–H groups in total. The highest BCUT2D eigenvalue weighted by atomic mass is 16.2. The maximum Gasteiger partial charge on any atom is 0.315 e. The molecule has 1 aromatic rings. The van der Waals surface area contributed by atoms with E-state index in [1.54, 1.807) is 0 Å². The zero-order valence-electron chi connectivity index (χ0n) is 14.3. The van der Waals surface area contributed by atoms with Crippen LogP contribution in [0.3, 0.4) is 0 Å². The van der Waals surface area contributed by atoms with Crippen LogP contribution in [0.5, 0.6) is 0 Å². The predicted molar refractivity (Wildman–Crippen MR) is 92.0 cm³/mol. The standard InChI is InChI=1S/C17H28N4O2/c1-4-10-18-16(22)9-11-19-17(23)20-12-14-5-7-15(8-6-14)13-21(2)3/h5-8H,4,9-13H2,1-3H3,(H,18,22)(H2,19,20,23). The van der Waals surface area contributed by atoms with Gasteiger partial charge in [-0.1, -0.05) is 31.2 Å². The van der Waals surface area contributed by atoms with Crippen LogP contribution in [0.4, 0.5) is 4.79 Å². The Morgan fingerprint density at radius 1 is 0.957 bits per heavy atom. The molecule has 23 heavy (non-hydrogen) atoms. The van der Waals surface area contributed by atoms with Gasteiger partial charge in [0, 0.05) is 32.6 Å². The van der Waals surface area contributed by atoms with Gasteiger partial charge in [-0.15, -0.1) is 0 Å². The number of nitrogens with one attached hydrogen (secondary N) is 3. The molecule has 0 spiro atoms. The molecule has 0 aromatic heterocycles. The summed E-state index contributed by atoms with van der Waals surface area (Å²) in [5.74, 6) is -0.0383. The number of nitrogens with zero attached hydrogens (tertiary/aromatic N) is 1. The van der Waals surface area contributed by atoms with Gasteiger partial charge in [0.05, 0.1) is 0 Å². The van der Waals surface area contributed by atoms with E-state index in [2.05, 4.69) is 33.0 Å². The van der Waals surface area contributed by atoms with Crippen molar-refractivity contribution in [3.05, 3.63) is 35.4 Å². The molecule has 0 aliphatic carbocycles. The molecule has 0 radical (unpaired) electrons. The fourth-order valence-electron chi connectivity index (χ4n) is 2.01. The highest BCUT2D eigenvalue weighted by Crippen LogP contribution is 2.05. The minimum absolute atomic E-state index is 0.0383. The van der Waals surface area contributed by atoms with E-state index in [9.17, 15) is 9.59 Å². The van der Waals surface area contributed by atoms with Gasteiger partial charge in [-0.2, -0.15) is 0 Å². The van der Waals surface area contributed by atoms with Crippen molar-refractivity contribution in [3.8, 4) is 0 Å². The lowest BCUT2D eigenvalue weighted by Gasteiger charge is -2.11. The maximum absolute atomic E-state index is 11.7. The quantitative estimate of drug-likeness (QED) is 0.645. The molecule has 0 atom stereocenters. The lowest BCUT2D eigenvalue weighted by molar-refractivity contribution is -0.120. The van der Waals surface area contributed by atoms with Crippen molar-refractivity contribution < 1.29 is 9.59 Å². The normalized spacial score (nSPS) is 10.4. The van der Waals surface area contributed by atoms with Crippen molar-refractivity contribution in [2.24, 2.45) is 0 Å². The van der Waals surface area contributed by atoms with Gasteiger partial charge in [0.2, 0.25) is 5.91 Å². The van der Waals surface area contributed by atoms with Gasteiger partial charge in [-0.3, -0.25) is 4.79 Å². The van der Waals surface area contributed by atoms with Crippen molar-refractivity contribution in [2.75, 3.05) is 27.2 Å². The molecule has 0 unspecified atom stereocenters. The van der Waals surface area contributed by atoms with Crippen molar-refractivity contribution in [1.29, 1.82) is 0 Å². The van der Waals surface area contributed by atoms with E-state index in [0.717, 1.165) is 18.5 Å².